The Morgan fingerprint density at radius 1 is 1.07 bits per heavy atom. The third kappa shape index (κ3) is 3.57. The number of carbonyl (C=O) groups is 1. The highest BCUT2D eigenvalue weighted by atomic mass is 16.5. The van der Waals surface area contributed by atoms with Crippen LogP contribution in [-0.2, 0) is 11.3 Å². The Morgan fingerprint density at radius 3 is 2.71 bits per heavy atom. The van der Waals surface area contributed by atoms with Gasteiger partial charge in [-0.15, -0.1) is 0 Å². The predicted octanol–water partition coefficient (Wildman–Crippen LogP) is 4.14. The highest BCUT2D eigenvalue weighted by Crippen LogP contribution is 2.26. The molecule has 28 heavy (non-hydrogen) atoms. The van der Waals surface area contributed by atoms with Crippen molar-refractivity contribution in [1.82, 2.24) is 14.5 Å². The molecular formula is C22H20N4O2. The minimum absolute atomic E-state index is 0.130. The fourth-order valence-corrected chi connectivity index (χ4v) is 3.14. The molecule has 1 amide bonds. The SMILES string of the molecule is CCOc1ccccc1NC(=O)Cn1c(-c2cccnc2)nc2ccccc21. The van der Waals surface area contributed by atoms with Crippen LogP contribution in [0, 0.1) is 0 Å². The lowest BCUT2D eigenvalue weighted by atomic mass is 10.2. The first-order valence-electron chi connectivity index (χ1n) is 9.13. The summed E-state index contributed by atoms with van der Waals surface area (Å²) in [5.74, 6) is 1.21. The van der Waals surface area contributed by atoms with Gasteiger partial charge in [0.2, 0.25) is 5.91 Å². The molecule has 0 unspecified atom stereocenters. The van der Waals surface area contributed by atoms with Crippen LogP contribution in [0.1, 0.15) is 6.92 Å². The van der Waals surface area contributed by atoms with Crippen LogP contribution in [0.15, 0.2) is 73.1 Å². The fourth-order valence-electron chi connectivity index (χ4n) is 3.14. The van der Waals surface area contributed by atoms with Gasteiger partial charge in [0.1, 0.15) is 18.1 Å². The largest absolute Gasteiger partial charge is 0.492 e. The van der Waals surface area contributed by atoms with E-state index in [-0.39, 0.29) is 12.5 Å². The summed E-state index contributed by atoms with van der Waals surface area (Å²) in [5.41, 5.74) is 3.25. The average Bonchev–Trinajstić information content (AvgIpc) is 3.09. The Morgan fingerprint density at radius 2 is 1.89 bits per heavy atom. The van der Waals surface area contributed by atoms with E-state index in [0.717, 1.165) is 16.6 Å². The van der Waals surface area contributed by atoms with Gasteiger partial charge in [0.25, 0.3) is 0 Å². The molecule has 0 atom stereocenters. The molecule has 2 aromatic carbocycles. The molecule has 2 aromatic heterocycles. The maximum absolute atomic E-state index is 12.8. The Kier molecular flexibility index (Phi) is 5.01. The van der Waals surface area contributed by atoms with Gasteiger partial charge in [-0.1, -0.05) is 24.3 Å². The van der Waals surface area contributed by atoms with Crippen LogP contribution in [-0.4, -0.2) is 27.0 Å². The number of nitrogens with one attached hydrogen (secondary N) is 1. The maximum atomic E-state index is 12.8. The lowest BCUT2D eigenvalue weighted by Crippen LogP contribution is -2.19. The topological polar surface area (TPSA) is 69.0 Å². The number of fused-ring (bicyclic) bond motifs is 1. The van der Waals surface area contributed by atoms with Gasteiger partial charge < -0.3 is 14.6 Å². The number of nitrogens with zero attached hydrogens (tertiary/aromatic N) is 3. The number of hydrogen-bond acceptors (Lipinski definition) is 4. The molecule has 6 heteroatoms. The molecule has 0 fully saturated rings. The minimum atomic E-state index is -0.152. The smallest absolute Gasteiger partial charge is 0.244 e. The average molecular weight is 372 g/mol. The van der Waals surface area contributed by atoms with Crippen LogP contribution in [0.25, 0.3) is 22.4 Å². The zero-order valence-electron chi connectivity index (χ0n) is 15.5. The molecule has 1 N–H and O–H groups in total. The van der Waals surface area contributed by atoms with Crippen LogP contribution >= 0.6 is 0 Å². The van der Waals surface area contributed by atoms with Crippen molar-refractivity contribution in [2.45, 2.75) is 13.5 Å². The summed E-state index contributed by atoms with van der Waals surface area (Å²) in [7, 11) is 0. The first kappa shape index (κ1) is 17.7. The number of aromatic nitrogens is 3. The predicted molar refractivity (Wildman–Crippen MR) is 109 cm³/mol. The highest BCUT2D eigenvalue weighted by molar-refractivity contribution is 5.93. The summed E-state index contributed by atoms with van der Waals surface area (Å²) in [6, 6.07) is 19.0. The van der Waals surface area contributed by atoms with E-state index in [2.05, 4.69) is 10.3 Å². The number of benzene rings is 2. The molecule has 0 aliphatic heterocycles. The lowest BCUT2D eigenvalue weighted by molar-refractivity contribution is -0.116. The second-order valence-electron chi connectivity index (χ2n) is 6.23. The van der Waals surface area contributed by atoms with Crippen LogP contribution in [0.3, 0.4) is 0 Å². The second kappa shape index (κ2) is 7.92. The molecule has 2 heterocycles. The first-order valence-corrected chi connectivity index (χ1v) is 9.13. The molecule has 0 spiro atoms. The Bertz CT molecular complexity index is 1110. The van der Waals surface area contributed by atoms with Crippen molar-refractivity contribution in [2.75, 3.05) is 11.9 Å². The standard InChI is InChI=1S/C22H20N4O2/c1-2-28-20-12-6-4-10-18(20)24-21(27)15-26-19-11-5-3-9-17(19)25-22(26)16-8-7-13-23-14-16/h3-14H,2,15H2,1H3,(H,24,27). The van der Waals surface area contributed by atoms with Crippen molar-refractivity contribution in [3.63, 3.8) is 0 Å². The molecule has 4 aromatic rings. The van der Waals surface area contributed by atoms with E-state index in [1.807, 2.05) is 72.2 Å². The van der Waals surface area contributed by atoms with E-state index in [1.54, 1.807) is 12.4 Å². The van der Waals surface area contributed by atoms with E-state index in [9.17, 15) is 4.79 Å². The van der Waals surface area contributed by atoms with Gasteiger partial charge in [-0.2, -0.15) is 0 Å². The van der Waals surface area contributed by atoms with E-state index in [1.165, 1.54) is 0 Å². The Labute approximate surface area is 162 Å². The summed E-state index contributed by atoms with van der Waals surface area (Å²) < 4.78 is 7.50. The summed E-state index contributed by atoms with van der Waals surface area (Å²) >= 11 is 0. The number of ether oxygens (including phenoxy) is 1. The van der Waals surface area contributed by atoms with Crippen LogP contribution < -0.4 is 10.1 Å². The third-order valence-corrected chi connectivity index (χ3v) is 4.34. The van der Waals surface area contributed by atoms with Gasteiger partial charge in [0.05, 0.1) is 23.3 Å². The number of imidazole rings is 1. The minimum Gasteiger partial charge on any atom is -0.492 e. The zero-order valence-corrected chi connectivity index (χ0v) is 15.5. The van der Waals surface area contributed by atoms with Crippen molar-refractivity contribution in [1.29, 1.82) is 0 Å². The zero-order chi connectivity index (χ0) is 19.3. The lowest BCUT2D eigenvalue weighted by Gasteiger charge is -2.13. The van der Waals surface area contributed by atoms with Crippen LogP contribution in [0.2, 0.25) is 0 Å². The highest BCUT2D eigenvalue weighted by Gasteiger charge is 2.16. The van der Waals surface area contributed by atoms with E-state index in [0.29, 0.717) is 23.9 Å². The number of carbonyl (C=O) groups excluding carboxylic acids is 1. The van der Waals surface area contributed by atoms with E-state index >= 15 is 0 Å². The maximum Gasteiger partial charge on any atom is 0.244 e. The molecule has 0 aliphatic carbocycles. The van der Waals surface area contributed by atoms with Crippen molar-refractivity contribution in [3.8, 4) is 17.1 Å². The first-order chi connectivity index (χ1) is 13.8. The number of anilines is 1. The molecule has 0 bridgehead atoms. The van der Waals surface area contributed by atoms with Crippen LogP contribution in [0.4, 0.5) is 5.69 Å². The molecule has 0 aliphatic rings. The quantitative estimate of drug-likeness (QED) is 0.552. The summed E-state index contributed by atoms with van der Waals surface area (Å²) in [4.78, 5) is 21.7. The van der Waals surface area contributed by atoms with Crippen molar-refractivity contribution >= 4 is 22.6 Å². The third-order valence-electron chi connectivity index (χ3n) is 4.34. The molecule has 0 radical (unpaired) electrons. The van der Waals surface area contributed by atoms with Gasteiger partial charge in [0.15, 0.2) is 0 Å². The van der Waals surface area contributed by atoms with Crippen molar-refractivity contribution < 1.29 is 9.53 Å². The van der Waals surface area contributed by atoms with Gasteiger partial charge in [-0.25, -0.2) is 4.98 Å². The van der Waals surface area contributed by atoms with Crippen molar-refractivity contribution in [2.24, 2.45) is 0 Å². The van der Waals surface area contributed by atoms with Gasteiger partial charge in [0, 0.05) is 18.0 Å². The van der Waals surface area contributed by atoms with Crippen LogP contribution in [0.5, 0.6) is 5.75 Å². The number of para-hydroxylation sites is 4. The van der Waals surface area contributed by atoms with E-state index < -0.39 is 0 Å². The van der Waals surface area contributed by atoms with Gasteiger partial charge >= 0.3 is 0 Å². The molecule has 4 rings (SSSR count). The molecule has 6 nitrogen and oxygen atoms in total. The molecule has 0 saturated heterocycles. The summed E-state index contributed by atoms with van der Waals surface area (Å²) in [5, 5.41) is 2.95. The fraction of sp³-hybridized carbons (Fsp3) is 0.136. The molecular weight excluding hydrogens is 352 g/mol. The normalized spacial score (nSPS) is 10.8. The van der Waals surface area contributed by atoms with Gasteiger partial charge in [-0.3, -0.25) is 9.78 Å². The summed E-state index contributed by atoms with van der Waals surface area (Å²) in [6.45, 7) is 2.58. The number of hydrogen-bond donors (Lipinski definition) is 1. The van der Waals surface area contributed by atoms with E-state index in [4.69, 9.17) is 9.72 Å². The number of rotatable bonds is 6. The molecule has 0 saturated carbocycles. The second-order valence-corrected chi connectivity index (χ2v) is 6.23. The summed E-state index contributed by atoms with van der Waals surface area (Å²) in [6.07, 6.45) is 3.47. The number of pyridine rings is 1. The monoisotopic (exact) mass is 372 g/mol. The molecule has 140 valence electrons. The Hall–Kier alpha value is -3.67. The Balaban J connectivity index is 1.67. The number of amides is 1. The van der Waals surface area contributed by atoms with Crippen molar-refractivity contribution in [3.05, 3.63) is 73.1 Å². The van der Waals surface area contributed by atoms with Gasteiger partial charge in [-0.05, 0) is 43.3 Å².